The molecule has 0 bridgehead atoms. The lowest BCUT2D eigenvalue weighted by molar-refractivity contribution is 0.0571. The molecule has 0 saturated heterocycles. The van der Waals surface area contributed by atoms with Gasteiger partial charge in [0.2, 0.25) is 0 Å². The molecule has 0 aromatic carbocycles. The number of hydrogen-bond donors (Lipinski definition) is 0. The summed E-state index contributed by atoms with van der Waals surface area (Å²) in [6.07, 6.45) is 44.0. The Hall–Kier alpha value is -0.850. The van der Waals surface area contributed by atoms with E-state index in [-0.39, 0.29) is 0 Å². The van der Waals surface area contributed by atoms with Crippen molar-refractivity contribution in [3.63, 3.8) is 0 Å². The molecular weight excluding hydrogens is 555 g/mol. The topological polar surface area (TPSA) is 12.9 Å². The van der Waals surface area contributed by atoms with Crippen LogP contribution < -0.4 is 0 Å². The first-order valence-corrected chi connectivity index (χ1v) is 21.7. The van der Waals surface area contributed by atoms with E-state index in [2.05, 4.69) is 26.0 Å². The van der Waals surface area contributed by atoms with E-state index in [1.165, 1.54) is 185 Å². The van der Waals surface area contributed by atoms with Gasteiger partial charge >= 0.3 is 0 Å². The Bertz CT molecular complexity index is 954. The van der Waals surface area contributed by atoms with E-state index in [4.69, 9.17) is 4.98 Å². The first-order valence-electron chi connectivity index (χ1n) is 21.7. The normalized spacial score (nSPS) is 35.5. The molecule has 1 aromatic heterocycles. The molecule has 46 heavy (non-hydrogen) atoms. The van der Waals surface area contributed by atoms with Gasteiger partial charge in [-0.15, -0.1) is 0 Å². The van der Waals surface area contributed by atoms with Gasteiger partial charge in [0, 0.05) is 23.2 Å². The van der Waals surface area contributed by atoms with Crippen LogP contribution in [0.15, 0.2) is 12.1 Å². The quantitative estimate of drug-likeness (QED) is 0.285. The molecule has 260 valence electrons. The fraction of sp³-hybridized carbons (Fsp3) is 0.889. The maximum atomic E-state index is 5.55. The van der Waals surface area contributed by atoms with Crippen LogP contribution in [0.4, 0.5) is 0 Å². The first-order chi connectivity index (χ1) is 22.6. The average Bonchev–Trinajstić information content (AvgIpc) is 3.47. The number of nitrogens with zero attached hydrogens (tertiary/aromatic N) is 1. The van der Waals surface area contributed by atoms with E-state index in [9.17, 15) is 0 Å². The molecule has 5 fully saturated rings. The van der Waals surface area contributed by atoms with Gasteiger partial charge in [-0.2, -0.15) is 0 Å². The third kappa shape index (κ3) is 9.23. The van der Waals surface area contributed by atoms with Gasteiger partial charge in [0.15, 0.2) is 0 Å². The van der Waals surface area contributed by atoms with Crippen molar-refractivity contribution in [3.8, 4) is 0 Å². The summed E-state index contributed by atoms with van der Waals surface area (Å²) in [6, 6.07) is 5.31. The van der Waals surface area contributed by atoms with Crippen LogP contribution in [0.3, 0.4) is 0 Å². The van der Waals surface area contributed by atoms with Crippen molar-refractivity contribution in [2.75, 3.05) is 0 Å². The minimum atomic E-state index is 0.695. The molecule has 0 N–H and O–H groups in total. The summed E-state index contributed by atoms with van der Waals surface area (Å²) in [5, 5.41) is 0. The maximum Gasteiger partial charge on any atom is 0.0440 e. The number of aromatic nitrogens is 1. The monoisotopic (exact) mass is 630 g/mol. The van der Waals surface area contributed by atoms with Gasteiger partial charge in [0.05, 0.1) is 0 Å². The highest BCUT2D eigenvalue weighted by molar-refractivity contribution is 5.29. The second kappa shape index (κ2) is 17.7. The van der Waals surface area contributed by atoms with E-state index >= 15 is 0 Å². The minimum absolute atomic E-state index is 0.695. The molecule has 0 radical (unpaired) electrons. The van der Waals surface area contributed by atoms with E-state index in [0.29, 0.717) is 5.41 Å². The van der Waals surface area contributed by atoms with E-state index in [1.807, 2.05) is 0 Å². The van der Waals surface area contributed by atoms with Crippen LogP contribution in [0.2, 0.25) is 0 Å². The van der Waals surface area contributed by atoms with Crippen molar-refractivity contribution in [2.24, 2.45) is 29.1 Å². The van der Waals surface area contributed by atoms with E-state index in [1.54, 1.807) is 24.8 Å². The molecule has 5 aliphatic carbocycles. The van der Waals surface area contributed by atoms with Crippen molar-refractivity contribution in [1.29, 1.82) is 0 Å². The smallest absolute Gasteiger partial charge is 0.0440 e. The van der Waals surface area contributed by atoms with Crippen LogP contribution in [0.5, 0.6) is 0 Å². The summed E-state index contributed by atoms with van der Waals surface area (Å²) in [5.74, 6) is 6.25. The lowest BCUT2D eigenvalue weighted by Crippen LogP contribution is -2.34. The zero-order valence-corrected chi connectivity index (χ0v) is 30.9. The maximum absolute atomic E-state index is 5.55. The molecule has 1 aromatic rings. The highest BCUT2D eigenvalue weighted by atomic mass is 14.7. The van der Waals surface area contributed by atoms with Crippen LogP contribution in [-0.4, -0.2) is 4.98 Å². The predicted octanol–water partition coefficient (Wildman–Crippen LogP) is 14.6. The standard InChI is InChI=1S/C45H75N/c1-3-45(31-29-35(2)30-32-45)42-27-13-12-17-36(26-16-28-42)37-22-14-24-38(25-15-23-37)41-33-43(39-18-8-4-5-9-19-39)46-44(34-41)40-20-10-6-7-11-21-40/h33-40,42H,3-32H2,1-2H3. The number of hydrogen-bond acceptors (Lipinski definition) is 1. The Labute approximate surface area is 286 Å². The van der Waals surface area contributed by atoms with Crippen molar-refractivity contribution in [3.05, 3.63) is 29.1 Å². The average molecular weight is 630 g/mol. The molecule has 1 heteroatoms. The lowest BCUT2D eigenvalue weighted by atomic mass is 9.60. The van der Waals surface area contributed by atoms with Crippen molar-refractivity contribution in [1.82, 2.24) is 4.98 Å². The fourth-order valence-corrected chi connectivity index (χ4v) is 11.9. The third-order valence-electron chi connectivity index (χ3n) is 15.2. The summed E-state index contributed by atoms with van der Waals surface area (Å²) in [6.45, 7) is 5.04. The highest BCUT2D eigenvalue weighted by Crippen LogP contribution is 2.51. The Kier molecular flexibility index (Phi) is 13.5. The minimum Gasteiger partial charge on any atom is -0.257 e. The van der Waals surface area contributed by atoms with Gasteiger partial charge in [-0.25, -0.2) is 0 Å². The Balaban J connectivity index is 1.08. The van der Waals surface area contributed by atoms with Crippen LogP contribution in [0.25, 0.3) is 0 Å². The Morgan fingerprint density at radius 2 is 0.913 bits per heavy atom. The molecule has 1 heterocycles. The number of rotatable bonds is 6. The van der Waals surface area contributed by atoms with Gasteiger partial charge in [-0.3, -0.25) is 4.98 Å². The summed E-state index contributed by atoms with van der Waals surface area (Å²) < 4.78 is 0. The Morgan fingerprint density at radius 3 is 1.43 bits per heavy atom. The van der Waals surface area contributed by atoms with Gasteiger partial charge in [0.1, 0.15) is 0 Å². The summed E-state index contributed by atoms with van der Waals surface area (Å²) in [4.78, 5) is 5.55. The van der Waals surface area contributed by atoms with Crippen LogP contribution in [0, 0.1) is 29.1 Å². The lowest BCUT2D eigenvalue weighted by Gasteiger charge is -2.45. The second-order valence-electron chi connectivity index (χ2n) is 18.0. The van der Waals surface area contributed by atoms with Crippen LogP contribution in [0.1, 0.15) is 241 Å². The molecular formula is C45H75N. The zero-order chi connectivity index (χ0) is 31.6. The molecule has 0 spiro atoms. The SMILES string of the molecule is CCC1(C2CCCCC(C3CCCC(c4cc(C5CCCCCC5)nc(C5CCCCCC5)c4)CCC3)CCC2)CCC(C)CC1. The first kappa shape index (κ1) is 35.0. The van der Waals surface area contributed by atoms with Gasteiger partial charge in [-0.05, 0) is 117 Å². The summed E-state index contributed by atoms with van der Waals surface area (Å²) >= 11 is 0. The fourth-order valence-electron chi connectivity index (χ4n) is 11.9. The molecule has 0 amide bonds. The molecule has 6 rings (SSSR count). The van der Waals surface area contributed by atoms with Gasteiger partial charge in [-0.1, -0.05) is 142 Å². The molecule has 2 unspecified atom stereocenters. The summed E-state index contributed by atoms with van der Waals surface area (Å²) in [7, 11) is 0. The molecule has 1 nitrogen and oxygen atoms in total. The van der Waals surface area contributed by atoms with Gasteiger partial charge in [0.25, 0.3) is 0 Å². The van der Waals surface area contributed by atoms with Crippen molar-refractivity contribution < 1.29 is 0 Å². The summed E-state index contributed by atoms with van der Waals surface area (Å²) in [5.41, 5.74) is 5.42. The van der Waals surface area contributed by atoms with Crippen molar-refractivity contribution in [2.45, 2.75) is 224 Å². The predicted molar refractivity (Wildman–Crippen MR) is 199 cm³/mol. The largest absolute Gasteiger partial charge is 0.257 e. The third-order valence-corrected chi connectivity index (χ3v) is 15.2. The zero-order valence-electron chi connectivity index (χ0n) is 30.9. The van der Waals surface area contributed by atoms with Crippen molar-refractivity contribution >= 4 is 0 Å². The molecule has 5 saturated carbocycles. The molecule has 2 atom stereocenters. The van der Waals surface area contributed by atoms with E-state index in [0.717, 1.165) is 41.4 Å². The van der Waals surface area contributed by atoms with E-state index < -0.39 is 0 Å². The van der Waals surface area contributed by atoms with Gasteiger partial charge < -0.3 is 0 Å². The Morgan fingerprint density at radius 1 is 0.500 bits per heavy atom. The number of pyridine rings is 1. The molecule has 0 aliphatic heterocycles. The highest BCUT2D eigenvalue weighted by Gasteiger charge is 2.39. The van der Waals surface area contributed by atoms with Crippen LogP contribution in [-0.2, 0) is 0 Å². The molecule has 5 aliphatic rings. The van der Waals surface area contributed by atoms with Crippen LogP contribution >= 0.6 is 0 Å². The second-order valence-corrected chi connectivity index (χ2v) is 18.0.